The standard InChI is InChI=1S/C20H25NO2/c1-5-21(6-2)20(3,17-10-8-7-9-11-17)19(22)16-12-14-18(23-4)15-13-16/h7-15H,5-6H2,1-4H3. The number of hydrogen-bond acceptors (Lipinski definition) is 3. The van der Waals surface area contributed by atoms with E-state index in [1.54, 1.807) is 7.11 Å². The number of nitrogens with zero attached hydrogens (tertiary/aromatic N) is 1. The minimum atomic E-state index is -0.681. The van der Waals surface area contributed by atoms with Crippen molar-refractivity contribution in [3.8, 4) is 5.75 Å². The normalized spacial score (nSPS) is 13.6. The van der Waals surface area contributed by atoms with Crippen molar-refractivity contribution in [2.75, 3.05) is 20.2 Å². The van der Waals surface area contributed by atoms with Crippen LogP contribution in [0.5, 0.6) is 5.75 Å². The van der Waals surface area contributed by atoms with E-state index in [9.17, 15) is 4.79 Å². The maximum atomic E-state index is 13.3. The average Bonchev–Trinajstić information content (AvgIpc) is 2.62. The van der Waals surface area contributed by atoms with Crippen LogP contribution in [-0.4, -0.2) is 30.9 Å². The second-order valence-electron chi connectivity index (χ2n) is 5.67. The van der Waals surface area contributed by atoms with Crippen molar-refractivity contribution >= 4 is 5.78 Å². The minimum absolute atomic E-state index is 0.107. The summed E-state index contributed by atoms with van der Waals surface area (Å²) in [5.41, 5.74) is 1.04. The first-order valence-corrected chi connectivity index (χ1v) is 8.07. The Hall–Kier alpha value is -2.13. The van der Waals surface area contributed by atoms with Crippen molar-refractivity contribution in [2.24, 2.45) is 0 Å². The molecule has 0 N–H and O–H groups in total. The molecule has 23 heavy (non-hydrogen) atoms. The number of ether oxygens (including phenoxy) is 1. The monoisotopic (exact) mass is 311 g/mol. The van der Waals surface area contributed by atoms with Crippen molar-refractivity contribution in [3.63, 3.8) is 0 Å². The fourth-order valence-electron chi connectivity index (χ4n) is 3.10. The van der Waals surface area contributed by atoms with Crippen LogP contribution >= 0.6 is 0 Å². The molecule has 1 unspecified atom stereocenters. The molecule has 0 heterocycles. The Balaban J connectivity index is 2.50. The van der Waals surface area contributed by atoms with Gasteiger partial charge >= 0.3 is 0 Å². The topological polar surface area (TPSA) is 29.5 Å². The molecule has 2 aromatic rings. The van der Waals surface area contributed by atoms with E-state index in [0.717, 1.165) is 24.4 Å². The molecule has 0 spiro atoms. The van der Waals surface area contributed by atoms with Crippen molar-refractivity contribution < 1.29 is 9.53 Å². The molecule has 0 saturated carbocycles. The Bertz CT molecular complexity index is 632. The number of rotatable bonds is 7. The molecule has 1 atom stereocenters. The summed E-state index contributed by atoms with van der Waals surface area (Å²) < 4.78 is 5.19. The molecule has 0 aliphatic heterocycles. The molecule has 0 aliphatic rings. The lowest BCUT2D eigenvalue weighted by molar-refractivity contribution is 0.0612. The van der Waals surface area contributed by atoms with Crippen LogP contribution in [-0.2, 0) is 5.54 Å². The number of ketones is 1. The van der Waals surface area contributed by atoms with E-state index < -0.39 is 5.54 Å². The van der Waals surface area contributed by atoms with Crippen LogP contribution < -0.4 is 4.74 Å². The third kappa shape index (κ3) is 3.30. The van der Waals surface area contributed by atoms with Crippen molar-refractivity contribution in [2.45, 2.75) is 26.3 Å². The zero-order valence-electron chi connectivity index (χ0n) is 14.4. The van der Waals surface area contributed by atoms with Crippen molar-refractivity contribution in [1.29, 1.82) is 0 Å². The number of carbonyl (C=O) groups is 1. The van der Waals surface area contributed by atoms with Gasteiger partial charge in [0.1, 0.15) is 11.3 Å². The molecule has 0 amide bonds. The largest absolute Gasteiger partial charge is 0.497 e. The van der Waals surface area contributed by atoms with E-state index in [0.29, 0.717) is 5.56 Å². The molecule has 2 rings (SSSR count). The fourth-order valence-corrected chi connectivity index (χ4v) is 3.10. The van der Waals surface area contributed by atoms with Gasteiger partial charge in [-0.1, -0.05) is 44.2 Å². The van der Waals surface area contributed by atoms with Crippen LogP contribution in [0.3, 0.4) is 0 Å². The molecule has 0 fully saturated rings. The molecule has 0 radical (unpaired) electrons. The summed E-state index contributed by atoms with van der Waals surface area (Å²) in [6.07, 6.45) is 0. The van der Waals surface area contributed by atoms with Crippen LogP contribution in [0.2, 0.25) is 0 Å². The van der Waals surface area contributed by atoms with Crippen LogP contribution in [0.15, 0.2) is 54.6 Å². The SMILES string of the molecule is CCN(CC)C(C)(C(=O)c1ccc(OC)cc1)c1ccccc1. The maximum absolute atomic E-state index is 13.3. The average molecular weight is 311 g/mol. The summed E-state index contributed by atoms with van der Waals surface area (Å²) in [6.45, 7) is 7.81. The van der Waals surface area contributed by atoms with Gasteiger partial charge in [0.05, 0.1) is 7.11 Å². The van der Waals surface area contributed by atoms with E-state index >= 15 is 0 Å². The lowest BCUT2D eigenvalue weighted by Crippen LogP contribution is -2.49. The van der Waals surface area contributed by atoms with E-state index in [-0.39, 0.29) is 5.78 Å². The van der Waals surface area contributed by atoms with Gasteiger partial charge in [0.15, 0.2) is 5.78 Å². The Kier molecular flexibility index (Phi) is 5.56. The number of likely N-dealkylation sites (N-methyl/N-ethyl adjacent to an activating group) is 1. The first-order valence-electron chi connectivity index (χ1n) is 8.07. The van der Waals surface area contributed by atoms with Crippen molar-refractivity contribution in [1.82, 2.24) is 4.90 Å². The summed E-state index contributed by atoms with van der Waals surface area (Å²) in [5, 5.41) is 0. The second-order valence-corrected chi connectivity index (χ2v) is 5.67. The summed E-state index contributed by atoms with van der Waals surface area (Å²) in [4.78, 5) is 15.5. The van der Waals surface area contributed by atoms with Gasteiger partial charge in [-0.25, -0.2) is 0 Å². The number of carbonyl (C=O) groups excluding carboxylic acids is 1. The lowest BCUT2D eigenvalue weighted by Gasteiger charge is -2.39. The zero-order chi connectivity index (χ0) is 16.9. The smallest absolute Gasteiger partial charge is 0.187 e. The Morgan fingerprint density at radius 3 is 2.04 bits per heavy atom. The summed E-state index contributed by atoms with van der Waals surface area (Å²) >= 11 is 0. The van der Waals surface area contributed by atoms with E-state index in [4.69, 9.17) is 4.74 Å². The fraction of sp³-hybridized carbons (Fsp3) is 0.350. The Morgan fingerprint density at radius 2 is 1.57 bits per heavy atom. The first kappa shape index (κ1) is 17.2. The summed E-state index contributed by atoms with van der Waals surface area (Å²) in [5.74, 6) is 0.862. The van der Waals surface area contributed by atoms with Gasteiger partial charge in [0.2, 0.25) is 0 Å². The highest BCUT2D eigenvalue weighted by atomic mass is 16.5. The summed E-state index contributed by atoms with van der Waals surface area (Å²) in [6, 6.07) is 17.3. The van der Waals surface area contributed by atoms with Gasteiger partial charge in [-0.15, -0.1) is 0 Å². The van der Waals surface area contributed by atoms with Gasteiger partial charge in [0, 0.05) is 5.56 Å². The highest BCUT2D eigenvalue weighted by Gasteiger charge is 2.40. The third-order valence-electron chi connectivity index (χ3n) is 4.53. The lowest BCUT2D eigenvalue weighted by atomic mass is 9.82. The van der Waals surface area contributed by atoms with Gasteiger partial charge in [-0.2, -0.15) is 0 Å². The quantitative estimate of drug-likeness (QED) is 0.720. The van der Waals surface area contributed by atoms with Crippen LogP contribution in [0, 0.1) is 0 Å². The molecule has 0 aliphatic carbocycles. The predicted octanol–water partition coefficient (Wildman–Crippen LogP) is 4.14. The molecule has 0 aromatic heterocycles. The number of hydrogen-bond donors (Lipinski definition) is 0. The molecule has 0 bridgehead atoms. The second kappa shape index (κ2) is 7.42. The number of Topliss-reactive ketones (excluding diaryl/α,β-unsaturated/α-hetero) is 1. The van der Waals surface area contributed by atoms with Crippen molar-refractivity contribution in [3.05, 3.63) is 65.7 Å². The molecule has 3 nitrogen and oxygen atoms in total. The minimum Gasteiger partial charge on any atom is -0.497 e. The molecular formula is C20H25NO2. The molecule has 3 heteroatoms. The first-order chi connectivity index (χ1) is 11.1. The highest BCUT2D eigenvalue weighted by Crippen LogP contribution is 2.32. The van der Waals surface area contributed by atoms with Crippen LogP contribution in [0.25, 0.3) is 0 Å². The van der Waals surface area contributed by atoms with Gasteiger partial charge in [-0.05, 0) is 49.8 Å². The van der Waals surface area contributed by atoms with Crippen LogP contribution in [0.1, 0.15) is 36.7 Å². The molecule has 2 aromatic carbocycles. The van der Waals surface area contributed by atoms with Crippen LogP contribution in [0.4, 0.5) is 0 Å². The molecule has 0 saturated heterocycles. The third-order valence-corrected chi connectivity index (χ3v) is 4.53. The molecular weight excluding hydrogens is 286 g/mol. The van der Waals surface area contributed by atoms with E-state index in [1.807, 2.05) is 61.5 Å². The van der Waals surface area contributed by atoms with Gasteiger partial charge in [0.25, 0.3) is 0 Å². The summed E-state index contributed by atoms with van der Waals surface area (Å²) in [7, 11) is 1.63. The predicted molar refractivity (Wildman–Crippen MR) is 94.0 cm³/mol. The highest BCUT2D eigenvalue weighted by molar-refractivity contribution is 6.03. The molecule has 122 valence electrons. The van der Waals surface area contributed by atoms with Gasteiger partial charge < -0.3 is 4.74 Å². The number of benzene rings is 2. The number of methoxy groups -OCH3 is 1. The van der Waals surface area contributed by atoms with E-state index in [1.165, 1.54) is 0 Å². The maximum Gasteiger partial charge on any atom is 0.187 e. The Labute approximate surface area is 138 Å². The van der Waals surface area contributed by atoms with E-state index in [2.05, 4.69) is 18.7 Å². The van der Waals surface area contributed by atoms with Gasteiger partial charge in [-0.3, -0.25) is 9.69 Å². The Morgan fingerprint density at radius 1 is 1.00 bits per heavy atom. The zero-order valence-corrected chi connectivity index (χ0v) is 14.4.